The molecule has 5 unspecified atom stereocenters. The molecule has 1 aromatic heterocycles. The lowest BCUT2D eigenvalue weighted by molar-refractivity contribution is -0.142. The lowest BCUT2D eigenvalue weighted by atomic mass is 9.96. The Labute approximate surface area is 223 Å². The van der Waals surface area contributed by atoms with Gasteiger partial charge in [-0.1, -0.05) is 64.4 Å². The summed E-state index contributed by atoms with van der Waals surface area (Å²) in [4.78, 5) is 58.0. The summed E-state index contributed by atoms with van der Waals surface area (Å²) >= 11 is 0. The Morgan fingerprint density at radius 3 is 2.16 bits per heavy atom. The number of rotatable bonds is 15. The Hall–Kier alpha value is -3.73. The molecule has 11 heteroatoms. The minimum atomic E-state index is -1.17. The average Bonchev–Trinajstić information content (AvgIpc) is 3.39. The maximum absolute atomic E-state index is 13.3. The van der Waals surface area contributed by atoms with E-state index in [1.165, 1.54) is 6.33 Å². The van der Waals surface area contributed by atoms with Crippen LogP contribution in [0.3, 0.4) is 0 Å². The van der Waals surface area contributed by atoms with Crippen molar-refractivity contribution in [2.75, 3.05) is 0 Å². The van der Waals surface area contributed by atoms with Crippen LogP contribution in [0.2, 0.25) is 0 Å². The number of hydrogen-bond acceptors (Lipinski definition) is 6. The molecule has 0 spiro atoms. The average molecular weight is 529 g/mol. The Balaban J connectivity index is 2.13. The molecule has 3 amide bonds. The van der Waals surface area contributed by atoms with Gasteiger partial charge >= 0.3 is 5.97 Å². The van der Waals surface area contributed by atoms with Gasteiger partial charge in [0, 0.05) is 24.7 Å². The SMILES string of the molecule is CCC(C)C(NC(=O)C(N)Cc1cnc[nH]1)C(=O)NC(CC(C)C)C(=O)NC(Cc1ccccc1)C(=O)O. The predicted molar refractivity (Wildman–Crippen MR) is 143 cm³/mol. The zero-order valence-corrected chi connectivity index (χ0v) is 22.4. The van der Waals surface area contributed by atoms with Gasteiger partial charge in [0.25, 0.3) is 0 Å². The Bertz CT molecular complexity index is 1040. The van der Waals surface area contributed by atoms with Crippen molar-refractivity contribution in [3.8, 4) is 0 Å². The number of aliphatic carboxylic acids is 1. The van der Waals surface area contributed by atoms with Crippen LogP contribution < -0.4 is 21.7 Å². The second-order valence-corrected chi connectivity index (χ2v) is 10.0. The number of H-pyrrole nitrogens is 1. The smallest absolute Gasteiger partial charge is 0.326 e. The van der Waals surface area contributed by atoms with Crippen molar-refractivity contribution in [3.63, 3.8) is 0 Å². The van der Waals surface area contributed by atoms with E-state index in [1.54, 1.807) is 30.5 Å². The van der Waals surface area contributed by atoms with Crippen LogP contribution in [0.1, 0.15) is 51.8 Å². The molecule has 0 aliphatic rings. The van der Waals surface area contributed by atoms with Crippen LogP contribution >= 0.6 is 0 Å². The van der Waals surface area contributed by atoms with Crippen LogP contribution in [0.15, 0.2) is 42.9 Å². The van der Waals surface area contributed by atoms with Gasteiger partial charge in [-0.3, -0.25) is 14.4 Å². The highest BCUT2D eigenvalue weighted by atomic mass is 16.4. The number of carbonyl (C=O) groups excluding carboxylic acids is 3. The van der Waals surface area contributed by atoms with E-state index < -0.39 is 47.9 Å². The molecule has 0 aliphatic carbocycles. The quantitative estimate of drug-likeness (QED) is 0.201. The van der Waals surface area contributed by atoms with Gasteiger partial charge in [-0.15, -0.1) is 0 Å². The van der Waals surface area contributed by atoms with E-state index in [4.69, 9.17) is 5.73 Å². The number of aromatic nitrogens is 2. The summed E-state index contributed by atoms with van der Waals surface area (Å²) in [6.45, 7) is 7.50. The van der Waals surface area contributed by atoms with Crippen LogP contribution in [-0.2, 0) is 32.0 Å². The highest BCUT2D eigenvalue weighted by Gasteiger charge is 2.33. The van der Waals surface area contributed by atoms with E-state index >= 15 is 0 Å². The second-order valence-electron chi connectivity index (χ2n) is 10.0. The van der Waals surface area contributed by atoms with E-state index in [0.29, 0.717) is 12.1 Å². The van der Waals surface area contributed by atoms with Crippen molar-refractivity contribution in [2.45, 2.75) is 77.5 Å². The van der Waals surface area contributed by atoms with Crippen LogP contribution in [0.25, 0.3) is 0 Å². The molecular weight excluding hydrogens is 488 g/mol. The maximum Gasteiger partial charge on any atom is 0.326 e. The van der Waals surface area contributed by atoms with E-state index in [1.807, 2.05) is 33.8 Å². The zero-order valence-electron chi connectivity index (χ0n) is 22.4. The van der Waals surface area contributed by atoms with Gasteiger partial charge in [0.2, 0.25) is 17.7 Å². The molecular formula is C27H40N6O5. The molecule has 2 aromatic rings. The van der Waals surface area contributed by atoms with Crippen LogP contribution in [0.5, 0.6) is 0 Å². The van der Waals surface area contributed by atoms with Gasteiger partial charge in [-0.2, -0.15) is 0 Å². The zero-order chi connectivity index (χ0) is 28.2. The third-order valence-corrected chi connectivity index (χ3v) is 6.36. The van der Waals surface area contributed by atoms with Gasteiger partial charge in [0.05, 0.1) is 12.4 Å². The van der Waals surface area contributed by atoms with Crippen molar-refractivity contribution in [1.82, 2.24) is 25.9 Å². The summed E-state index contributed by atoms with van der Waals surface area (Å²) in [6, 6.07) is 5.00. The summed E-state index contributed by atoms with van der Waals surface area (Å²) in [7, 11) is 0. The fourth-order valence-electron chi connectivity index (χ4n) is 3.97. The molecule has 2 rings (SSSR count). The molecule has 7 N–H and O–H groups in total. The Morgan fingerprint density at radius 2 is 1.61 bits per heavy atom. The van der Waals surface area contributed by atoms with E-state index in [2.05, 4.69) is 25.9 Å². The third kappa shape index (κ3) is 9.62. The summed E-state index contributed by atoms with van der Waals surface area (Å²) in [5.74, 6) is -3.02. The number of benzene rings is 1. The normalized spacial score (nSPS) is 15.1. The minimum absolute atomic E-state index is 0.0305. The highest BCUT2D eigenvalue weighted by Crippen LogP contribution is 2.12. The molecule has 5 atom stereocenters. The van der Waals surface area contributed by atoms with E-state index in [0.717, 1.165) is 5.56 Å². The van der Waals surface area contributed by atoms with E-state index in [-0.39, 0.29) is 31.1 Å². The molecule has 1 heterocycles. The highest BCUT2D eigenvalue weighted by molar-refractivity contribution is 5.94. The topological polar surface area (TPSA) is 179 Å². The summed E-state index contributed by atoms with van der Waals surface area (Å²) < 4.78 is 0. The van der Waals surface area contributed by atoms with E-state index in [9.17, 15) is 24.3 Å². The van der Waals surface area contributed by atoms with Crippen LogP contribution in [-0.4, -0.2) is 62.9 Å². The minimum Gasteiger partial charge on any atom is -0.480 e. The fraction of sp³-hybridized carbons (Fsp3) is 0.519. The number of carbonyl (C=O) groups is 4. The monoisotopic (exact) mass is 528 g/mol. The van der Waals surface area contributed by atoms with Crippen molar-refractivity contribution in [2.24, 2.45) is 17.6 Å². The van der Waals surface area contributed by atoms with Crippen LogP contribution in [0, 0.1) is 11.8 Å². The van der Waals surface area contributed by atoms with Crippen LogP contribution in [0.4, 0.5) is 0 Å². The van der Waals surface area contributed by atoms with Crippen molar-refractivity contribution < 1.29 is 24.3 Å². The number of aromatic amines is 1. The largest absolute Gasteiger partial charge is 0.480 e. The number of nitrogens with two attached hydrogens (primary N) is 1. The number of amides is 3. The first-order valence-corrected chi connectivity index (χ1v) is 12.9. The molecule has 11 nitrogen and oxygen atoms in total. The van der Waals surface area contributed by atoms with Gasteiger partial charge < -0.3 is 31.8 Å². The van der Waals surface area contributed by atoms with Gasteiger partial charge in [-0.25, -0.2) is 9.78 Å². The predicted octanol–water partition coefficient (Wildman–Crippen LogP) is 1.15. The molecule has 0 fully saturated rings. The fourth-order valence-corrected chi connectivity index (χ4v) is 3.97. The van der Waals surface area contributed by atoms with Gasteiger partial charge in [0.15, 0.2) is 0 Å². The number of carboxylic acid groups (broad SMARTS) is 1. The first kappa shape index (κ1) is 30.5. The summed E-state index contributed by atoms with van der Waals surface area (Å²) in [6.07, 6.45) is 4.26. The van der Waals surface area contributed by atoms with Crippen molar-refractivity contribution in [1.29, 1.82) is 0 Å². The first-order chi connectivity index (χ1) is 18.0. The lowest BCUT2D eigenvalue weighted by Crippen LogP contribution is -2.59. The third-order valence-electron chi connectivity index (χ3n) is 6.36. The number of imidazole rings is 1. The molecule has 38 heavy (non-hydrogen) atoms. The Kier molecular flexibility index (Phi) is 11.9. The number of carboxylic acids is 1. The summed E-state index contributed by atoms with van der Waals surface area (Å²) in [5.41, 5.74) is 7.50. The number of nitrogens with one attached hydrogen (secondary N) is 4. The Morgan fingerprint density at radius 1 is 0.947 bits per heavy atom. The standard InChI is InChI=1S/C27H40N6O5/c1-5-17(4)23(33-24(34)20(28)13-19-14-29-15-30-19)26(36)31-21(11-16(2)3)25(35)32-22(27(37)38)12-18-9-7-6-8-10-18/h6-10,14-17,20-23H,5,11-13,28H2,1-4H3,(H,29,30)(H,31,36)(H,32,35)(H,33,34)(H,37,38). The van der Waals surface area contributed by atoms with Crippen molar-refractivity contribution in [3.05, 3.63) is 54.1 Å². The number of hydrogen-bond donors (Lipinski definition) is 6. The van der Waals surface area contributed by atoms with Crippen molar-refractivity contribution >= 4 is 23.7 Å². The molecule has 0 aliphatic heterocycles. The molecule has 1 aromatic carbocycles. The van der Waals surface area contributed by atoms with Gasteiger partial charge in [0.1, 0.15) is 18.1 Å². The second kappa shape index (κ2) is 14.9. The lowest BCUT2D eigenvalue weighted by Gasteiger charge is -2.28. The molecule has 208 valence electrons. The molecule has 0 saturated heterocycles. The molecule has 0 bridgehead atoms. The maximum atomic E-state index is 13.3. The summed E-state index contributed by atoms with van der Waals surface area (Å²) in [5, 5.41) is 17.7. The molecule has 0 radical (unpaired) electrons. The van der Waals surface area contributed by atoms with Gasteiger partial charge in [-0.05, 0) is 23.8 Å². The number of nitrogens with zero attached hydrogens (tertiary/aromatic N) is 1. The molecule has 0 saturated carbocycles. The first-order valence-electron chi connectivity index (χ1n) is 12.9.